The van der Waals surface area contributed by atoms with Crippen molar-refractivity contribution >= 4 is 51.8 Å². The van der Waals surface area contributed by atoms with E-state index in [0.29, 0.717) is 11.3 Å². The second kappa shape index (κ2) is 13.2. The maximum Gasteiger partial charge on any atom is 0.573 e. The van der Waals surface area contributed by atoms with Gasteiger partial charge in [-0.1, -0.05) is 17.8 Å². The number of urea groups is 1. The Morgan fingerprint density at radius 2 is 1.61 bits per heavy atom. The monoisotopic (exact) mass is 641 g/mol. The van der Waals surface area contributed by atoms with Gasteiger partial charge in [0.1, 0.15) is 11.5 Å². The third-order valence-electron chi connectivity index (χ3n) is 5.52. The lowest BCUT2D eigenvalue weighted by atomic mass is 10.2. The Hall–Kier alpha value is -4.93. The van der Waals surface area contributed by atoms with E-state index in [1.807, 2.05) is 0 Å². The van der Waals surface area contributed by atoms with Crippen LogP contribution in [-0.2, 0) is 4.79 Å². The molecule has 3 N–H and O–H groups in total. The van der Waals surface area contributed by atoms with E-state index in [0.717, 1.165) is 40.9 Å². The van der Waals surface area contributed by atoms with Crippen molar-refractivity contribution in [2.75, 3.05) is 28.0 Å². The molecule has 0 aliphatic carbocycles. The quantitative estimate of drug-likeness (QED) is 0.196. The molecule has 1 fully saturated rings. The normalized spacial score (nSPS) is 14.4. The third kappa shape index (κ3) is 9.03. The molecule has 4 rings (SSSR count). The van der Waals surface area contributed by atoms with Crippen LogP contribution < -0.4 is 30.5 Å². The highest BCUT2D eigenvalue weighted by Gasteiger charge is 2.34. The lowest BCUT2D eigenvalue weighted by Gasteiger charge is -2.21. The maximum absolute atomic E-state index is 12.7. The van der Waals surface area contributed by atoms with Gasteiger partial charge in [-0.15, -0.1) is 13.2 Å². The summed E-state index contributed by atoms with van der Waals surface area (Å²) in [6.07, 6.45) is -9.47. The van der Waals surface area contributed by atoms with Gasteiger partial charge < -0.3 is 14.8 Å². The molecule has 0 unspecified atom stereocenters. The van der Waals surface area contributed by atoms with Crippen molar-refractivity contribution in [3.8, 4) is 11.5 Å². The Balaban J connectivity index is 1.37. The zero-order valence-electron chi connectivity index (χ0n) is 22.4. The number of anilines is 3. The molecule has 3 aromatic rings. The molecule has 1 aliphatic heterocycles. The summed E-state index contributed by atoms with van der Waals surface area (Å²) >= 11 is 0.924. The molecule has 1 heterocycles. The number of hydrogen-bond donors (Lipinski definition) is 3. The molecular formula is C27H21F6N5O5S. The molecular weight excluding hydrogens is 620 g/mol. The number of thioether (sulfide) groups is 1. The minimum atomic E-state index is -4.86. The SMILES string of the molecule is Cc1ccc(OCC(F)(F)F)c(N2C(=O)CS/C2=N\C(=O)Nc2ccc(NNC(=O)c3ccc(OC(F)(F)F)cc3)cc2)c1. The van der Waals surface area contributed by atoms with Crippen molar-refractivity contribution in [1.29, 1.82) is 0 Å². The standard InChI is InChI=1S/C27H21F6N5O5S/c1-15-2-11-21(42-14-26(28,29)30)20(12-15)38-22(39)13-44-25(38)35-24(41)34-17-5-7-18(8-6-17)36-37-23(40)16-3-9-19(10-4-16)43-27(31,32)33/h2-12,36H,13-14H2,1H3,(H,34,41)(H,37,40)/b35-25-. The number of hydrogen-bond acceptors (Lipinski definition) is 7. The van der Waals surface area contributed by atoms with Crippen LogP contribution in [0.2, 0.25) is 0 Å². The van der Waals surface area contributed by atoms with E-state index >= 15 is 0 Å². The summed E-state index contributed by atoms with van der Waals surface area (Å²) in [7, 11) is 0. The number of ether oxygens (including phenoxy) is 2. The first-order valence-corrected chi connectivity index (χ1v) is 13.3. The highest BCUT2D eigenvalue weighted by atomic mass is 32.2. The smallest absolute Gasteiger partial charge is 0.482 e. The minimum Gasteiger partial charge on any atom is -0.482 e. The summed E-state index contributed by atoms with van der Waals surface area (Å²) in [5, 5.41) is 2.44. The van der Waals surface area contributed by atoms with Gasteiger partial charge in [-0.2, -0.15) is 18.2 Å². The number of alkyl halides is 6. The van der Waals surface area contributed by atoms with Crippen molar-refractivity contribution in [2.24, 2.45) is 4.99 Å². The Bertz CT molecular complexity index is 1560. The van der Waals surface area contributed by atoms with Crippen molar-refractivity contribution < 1.29 is 50.2 Å². The molecule has 1 saturated heterocycles. The van der Waals surface area contributed by atoms with E-state index in [1.54, 1.807) is 6.92 Å². The van der Waals surface area contributed by atoms with Crippen LogP contribution >= 0.6 is 11.8 Å². The molecule has 0 saturated carbocycles. The number of aliphatic imine (C=N–C) groups is 1. The molecule has 0 radical (unpaired) electrons. The second-order valence-electron chi connectivity index (χ2n) is 8.95. The highest BCUT2D eigenvalue weighted by molar-refractivity contribution is 8.15. The first kappa shape index (κ1) is 32.0. The molecule has 1 aliphatic rings. The fourth-order valence-corrected chi connectivity index (χ4v) is 4.51. The van der Waals surface area contributed by atoms with Gasteiger partial charge in [0.25, 0.3) is 5.91 Å². The van der Waals surface area contributed by atoms with Gasteiger partial charge in [0, 0.05) is 11.3 Å². The number of amides is 4. The van der Waals surface area contributed by atoms with E-state index in [9.17, 15) is 40.7 Å². The van der Waals surface area contributed by atoms with Crippen LogP contribution in [-0.4, -0.2) is 47.9 Å². The first-order chi connectivity index (χ1) is 20.7. The number of nitrogens with one attached hydrogen (secondary N) is 3. The average molecular weight is 642 g/mol. The Labute approximate surface area is 249 Å². The van der Waals surface area contributed by atoms with E-state index < -0.39 is 42.7 Å². The Morgan fingerprint density at radius 1 is 0.955 bits per heavy atom. The number of benzene rings is 3. The average Bonchev–Trinajstić information content (AvgIpc) is 3.29. The predicted molar refractivity (Wildman–Crippen MR) is 150 cm³/mol. The minimum absolute atomic E-state index is 0.0128. The molecule has 0 aromatic heterocycles. The molecule has 4 amide bonds. The molecule has 44 heavy (non-hydrogen) atoms. The Morgan fingerprint density at radius 3 is 2.25 bits per heavy atom. The molecule has 0 bridgehead atoms. The molecule has 3 aromatic carbocycles. The van der Waals surface area contributed by atoms with Crippen LogP contribution in [0.15, 0.2) is 71.7 Å². The lowest BCUT2D eigenvalue weighted by molar-refractivity contribution is -0.274. The summed E-state index contributed by atoms with van der Waals surface area (Å²) in [6.45, 7) is 0.0974. The summed E-state index contributed by atoms with van der Waals surface area (Å²) in [4.78, 5) is 42.5. The van der Waals surface area contributed by atoms with Crippen LogP contribution in [0.3, 0.4) is 0 Å². The van der Waals surface area contributed by atoms with Crippen LogP contribution in [0, 0.1) is 6.92 Å². The number of nitrogens with zero attached hydrogens (tertiary/aromatic N) is 2. The molecule has 0 spiro atoms. The van der Waals surface area contributed by atoms with Crippen molar-refractivity contribution in [1.82, 2.24) is 5.43 Å². The van der Waals surface area contributed by atoms with Crippen LogP contribution in [0.1, 0.15) is 15.9 Å². The van der Waals surface area contributed by atoms with Gasteiger partial charge in [-0.3, -0.25) is 25.3 Å². The fraction of sp³-hybridized carbons (Fsp3) is 0.185. The number of rotatable bonds is 8. The topological polar surface area (TPSA) is 121 Å². The van der Waals surface area contributed by atoms with Gasteiger partial charge in [-0.25, -0.2) is 4.79 Å². The van der Waals surface area contributed by atoms with Crippen molar-refractivity contribution in [3.05, 3.63) is 77.9 Å². The molecule has 232 valence electrons. The van der Waals surface area contributed by atoms with Crippen LogP contribution in [0.5, 0.6) is 11.5 Å². The molecule has 10 nitrogen and oxygen atoms in total. The number of carbonyl (C=O) groups is 3. The van der Waals surface area contributed by atoms with Crippen molar-refractivity contribution in [3.63, 3.8) is 0 Å². The van der Waals surface area contributed by atoms with Gasteiger partial charge in [0.15, 0.2) is 11.8 Å². The Kier molecular flexibility index (Phi) is 9.56. The van der Waals surface area contributed by atoms with Crippen LogP contribution in [0.4, 0.5) is 48.2 Å². The summed E-state index contributed by atoms with van der Waals surface area (Å²) in [5.74, 6) is -1.95. The number of hydrazine groups is 1. The molecule has 0 atom stereocenters. The number of carbonyl (C=O) groups excluding carboxylic acids is 3. The fourth-order valence-electron chi connectivity index (χ4n) is 3.65. The molecule has 17 heteroatoms. The van der Waals surface area contributed by atoms with Gasteiger partial charge in [-0.05, 0) is 73.2 Å². The highest BCUT2D eigenvalue weighted by Crippen LogP contribution is 2.36. The van der Waals surface area contributed by atoms with Gasteiger partial charge >= 0.3 is 18.6 Å². The zero-order valence-corrected chi connectivity index (χ0v) is 23.2. The van der Waals surface area contributed by atoms with E-state index in [1.165, 1.54) is 42.5 Å². The first-order valence-electron chi connectivity index (χ1n) is 12.3. The van der Waals surface area contributed by atoms with Crippen molar-refractivity contribution in [2.45, 2.75) is 19.5 Å². The second-order valence-corrected chi connectivity index (χ2v) is 9.89. The zero-order chi connectivity index (χ0) is 32.1. The number of amidine groups is 1. The lowest BCUT2D eigenvalue weighted by Crippen LogP contribution is -2.31. The predicted octanol–water partition coefficient (Wildman–Crippen LogP) is 6.26. The van der Waals surface area contributed by atoms with Gasteiger partial charge in [0.2, 0.25) is 5.91 Å². The maximum atomic E-state index is 12.7. The van der Waals surface area contributed by atoms with Crippen LogP contribution in [0.25, 0.3) is 0 Å². The van der Waals surface area contributed by atoms with E-state index in [2.05, 4.69) is 25.9 Å². The van der Waals surface area contributed by atoms with E-state index in [-0.39, 0.29) is 33.6 Å². The largest absolute Gasteiger partial charge is 0.573 e. The summed E-state index contributed by atoms with van der Waals surface area (Å²) < 4.78 is 83.7. The third-order valence-corrected chi connectivity index (χ3v) is 6.44. The summed E-state index contributed by atoms with van der Waals surface area (Å²) in [6, 6.07) is 13.6. The van der Waals surface area contributed by atoms with E-state index in [4.69, 9.17) is 4.74 Å². The number of halogens is 6. The van der Waals surface area contributed by atoms with Gasteiger partial charge in [0.05, 0.1) is 17.1 Å². The number of aryl methyl sites for hydroxylation is 1. The summed E-state index contributed by atoms with van der Waals surface area (Å²) in [5.41, 5.74) is 6.34.